The molecular formula is C18H28N4OS. The van der Waals surface area contributed by atoms with Gasteiger partial charge >= 0.3 is 6.03 Å². The molecule has 2 saturated heterocycles. The number of nitrogens with one attached hydrogen (secondary N) is 1. The molecule has 1 N–H and O–H groups in total. The third-order valence-electron chi connectivity index (χ3n) is 5.10. The summed E-state index contributed by atoms with van der Waals surface area (Å²) in [4.78, 5) is 21.3. The Kier molecular flexibility index (Phi) is 6.00. The number of thioether (sulfide) groups is 1. The van der Waals surface area contributed by atoms with Gasteiger partial charge in [0.1, 0.15) is 0 Å². The number of piperidine rings is 1. The zero-order valence-electron chi connectivity index (χ0n) is 14.8. The molecule has 0 bridgehead atoms. The van der Waals surface area contributed by atoms with Crippen LogP contribution in [0.4, 0.5) is 4.79 Å². The molecule has 2 aliphatic rings. The van der Waals surface area contributed by atoms with Crippen LogP contribution < -0.4 is 5.32 Å². The SMILES string of the molecule is Cc1cc(C)c(CNC(=O)N2CCC(N3CCSCC3)CC2)cn1. The molecule has 2 amide bonds. The average Bonchev–Trinajstić information content (AvgIpc) is 2.62. The standard InChI is InChI=1S/C18H28N4OS/c1-14-11-15(2)19-12-16(14)13-20-18(23)22-5-3-17(4-6-22)21-7-9-24-10-8-21/h11-12,17H,3-10,13H2,1-2H3,(H,20,23). The zero-order chi connectivity index (χ0) is 16.9. The van der Waals surface area contributed by atoms with Gasteiger partial charge in [-0.2, -0.15) is 11.8 Å². The summed E-state index contributed by atoms with van der Waals surface area (Å²) in [5.41, 5.74) is 3.29. The van der Waals surface area contributed by atoms with Crippen molar-refractivity contribution in [1.82, 2.24) is 20.1 Å². The van der Waals surface area contributed by atoms with Crippen molar-refractivity contribution in [2.24, 2.45) is 0 Å². The Balaban J connectivity index is 1.45. The van der Waals surface area contributed by atoms with E-state index in [1.807, 2.05) is 18.0 Å². The van der Waals surface area contributed by atoms with E-state index in [-0.39, 0.29) is 6.03 Å². The van der Waals surface area contributed by atoms with Crippen molar-refractivity contribution in [3.05, 3.63) is 29.1 Å². The molecule has 3 rings (SSSR count). The molecule has 24 heavy (non-hydrogen) atoms. The second-order valence-corrected chi connectivity index (χ2v) is 8.00. The molecule has 1 aromatic rings. The van der Waals surface area contributed by atoms with Gasteiger partial charge < -0.3 is 10.2 Å². The van der Waals surface area contributed by atoms with Crippen molar-refractivity contribution in [3.8, 4) is 0 Å². The molecule has 1 aromatic heterocycles. The predicted molar refractivity (Wildman–Crippen MR) is 99.4 cm³/mol. The lowest BCUT2D eigenvalue weighted by Gasteiger charge is -2.40. The van der Waals surface area contributed by atoms with Gasteiger partial charge in [-0.25, -0.2) is 4.79 Å². The number of hydrogen-bond acceptors (Lipinski definition) is 4. The van der Waals surface area contributed by atoms with E-state index in [0.717, 1.165) is 37.2 Å². The molecule has 6 heteroatoms. The number of aromatic nitrogens is 1. The number of urea groups is 1. The molecule has 0 unspecified atom stereocenters. The van der Waals surface area contributed by atoms with Crippen LogP contribution in [0.5, 0.6) is 0 Å². The predicted octanol–water partition coefficient (Wildman–Crippen LogP) is 2.42. The van der Waals surface area contributed by atoms with Crippen LogP contribution in [0.3, 0.4) is 0 Å². The highest BCUT2D eigenvalue weighted by Gasteiger charge is 2.27. The maximum absolute atomic E-state index is 12.4. The van der Waals surface area contributed by atoms with Crippen LogP contribution in [-0.2, 0) is 6.54 Å². The molecule has 2 aliphatic heterocycles. The smallest absolute Gasteiger partial charge is 0.317 e. The molecule has 2 fully saturated rings. The Labute approximate surface area is 149 Å². The summed E-state index contributed by atoms with van der Waals surface area (Å²) in [6, 6.07) is 2.78. The minimum atomic E-state index is 0.0580. The van der Waals surface area contributed by atoms with Crippen molar-refractivity contribution in [3.63, 3.8) is 0 Å². The van der Waals surface area contributed by atoms with Crippen LogP contribution in [-0.4, -0.2) is 64.5 Å². The molecule has 0 aliphatic carbocycles. The van der Waals surface area contributed by atoms with Gasteiger partial charge in [0.2, 0.25) is 0 Å². The molecular weight excluding hydrogens is 320 g/mol. The van der Waals surface area contributed by atoms with E-state index >= 15 is 0 Å². The highest BCUT2D eigenvalue weighted by Crippen LogP contribution is 2.20. The summed E-state index contributed by atoms with van der Waals surface area (Å²) in [6.07, 6.45) is 4.07. The summed E-state index contributed by atoms with van der Waals surface area (Å²) in [5.74, 6) is 2.51. The first-order valence-electron chi connectivity index (χ1n) is 8.90. The first kappa shape index (κ1) is 17.5. The van der Waals surface area contributed by atoms with Crippen LogP contribution in [0.2, 0.25) is 0 Å². The molecule has 5 nitrogen and oxygen atoms in total. The molecule has 0 radical (unpaired) electrons. The van der Waals surface area contributed by atoms with E-state index in [1.165, 1.54) is 30.2 Å². The largest absolute Gasteiger partial charge is 0.334 e. The Morgan fingerprint density at radius 1 is 1.25 bits per heavy atom. The van der Waals surface area contributed by atoms with Crippen LogP contribution >= 0.6 is 11.8 Å². The number of pyridine rings is 1. The highest BCUT2D eigenvalue weighted by atomic mass is 32.2. The second-order valence-electron chi connectivity index (χ2n) is 6.78. The fourth-order valence-corrected chi connectivity index (χ4v) is 4.50. The number of rotatable bonds is 3. The van der Waals surface area contributed by atoms with Gasteiger partial charge in [0.15, 0.2) is 0 Å². The molecule has 0 spiro atoms. The summed E-state index contributed by atoms with van der Waals surface area (Å²) in [7, 11) is 0. The first-order valence-corrected chi connectivity index (χ1v) is 10.1. The fraction of sp³-hybridized carbons (Fsp3) is 0.667. The Hall–Kier alpha value is -1.27. The molecule has 0 aromatic carbocycles. The maximum Gasteiger partial charge on any atom is 0.317 e. The van der Waals surface area contributed by atoms with Gasteiger partial charge in [-0.05, 0) is 43.9 Å². The lowest BCUT2D eigenvalue weighted by molar-refractivity contribution is 0.124. The minimum absolute atomic E-state index is 0.0580. The van der Waals surface area contributed by atoms with E-state index in [0.29, 0.717) is 12.6 Å². The van der Waals surface area contributed by atoms with Crippen LogP contribution in [0, 0.1) is 13.8 Å². The molecule has 132 valence electrons. The van der Waals surface area contributed by atoms with Gasteiger partial charge in [0.25, 0.3) is 0 Å². The van der Waals surface area contributed by atoms with Crippen molar-refractivity contribution in [2.75, 3.05) is 37.7 Å². The van der Waals surface area contributed by atoms with Gasteiger partial charge in [0.05, 0.1) is 0 Å². The Morgan fingerprint density at radius 3 is 2.62 bits per heavy atom. The monoisotopic (exact) mass is 348 g/mol. The van der Waals surface area contributed by atoms with Gasteiger partial charge in [-0.1, -0.05) is 0 Å². The Bertz CT molecular complexity index is 566. The maximum atomic E-state index is 12.4. The lowest BCUT2D eigenvalue weighted by Crippen LogP contribution is -2.51. The van der Waals surface area contributed by atoms with Gasteiger partial charge in [0, 0.05) is 62.2 Å². The van der Waals surface area contributed by atoms with E-state index in [2.05, 4.69) is 40.0 Å². The van der Waals surface area contributed by atoms with Crippen LogP contribution in [0.25, 0.3) is 0 Å². The highest BCUT2D eigenvalue weighted by molar-refractivity contribution is 7.99. The normalized spacial score (nSPS) is 20.2. The van der Waals surface area contributed by atoms with Crippen molar-refractivity contribution >= 4 is 17.8 Å². The zero-order valence-corrected chi connectivity index (χ0v) is 15.6. The molecule has 0 atom stereocenters. The van der Waals surface area contributed by atoms with E-state index in [4.69, 9.17) is 0 Å². The van der Waals surface area contributed by atoms with E-state index < -0.39 is 0 Å². The number of likely N-dealkylation sites (tertiary alicyclic amines) is 1. The third kappa shape index (κ3) is 4.42. The summed E-state index contributed by atoms with van der Waals surface area (Å²) < 4.78 is 0. The van der Waals surface area contributed by atoms with Crippen molar-refractivity contribution in [2.45, 2.75) is 39.3 Å². The Morgan fingerprint density at radius 2 is 1.96 bits per heavy atom. The van der Waals surface area contributed by atoms with Crippen molar-refractivity contribution < 1.29 is 4.79 Å². The first-order chi connectivity index (χ1) is 11.6. The van der Waals surface area contributed by atoms with Crippen LogP contribution in [0.1, 0.15) is 29.7 Å². The average molecular weight is 349 g/mol. The second kappa shape index (κ2) is 8.21. The summed E-state index contributed by atoms with van der Waals surface area (Å²) in [6.45, 7) is 8.76. The molecule has 0 saturated carbocycles. The third-order valence-corrected chi connectivity index (χ3v) is 6.04. The fourth-order valence-electron chi connectivity index (χ4n) is 3.57. The summed E-state index contributed by atoms with van der Waals surface area (Å²) in [5, 5.41) is 3.05. The van der Waals surface area contributed by atoms with Crippen molar-refractivity contribution in [1.29, 1.82) is 0 Å². The number of nitrogens with zero attached hydrogens (tertiary/aromatic N) is 3. The van der Waals surface area contributed by atoms with Gasteiger partial charge in [-0.3, -0.25) is 9.88 Å². The number of carbonyl (C=O) groups excluding carboxylic acids is 1. The van der Waals surface area contributed by atoms with Crippen LogP contribution in [0.15, 0.2) is 12.3 Å². The number of amides is 2. The number of carbonyl (C=O) groups is 1. The molecule has 3 heterocycles. The quantitative estimate of drug-likeness (QED) is 0.911. The lowest BCUT2D eigenvalue weighted by atomic mass is 10.0. The topological polar surface area (TPSA) is 48.5 Å². The summed E-state index contributed by atoms with van der Waals surface area (Å²) >= 11 is 2.05. The number of aryl methyl sites for hydroxylation is 2. The van der Waals surface area contributed by atoms with E-state index in [1.54, 1.807) is 0 Å². The van der Waals surface area contributed by atoms with E-state index in [9.17, 15) is 4.79 Å². The number of hydrogen-bond donors (Lipinski definition) is 1. The minimum Gasteiger partial charge on any atom is -0.334 e. The van der Waals surface area contributed by atoms with Gasteiger partial charge in [-0.15, -0.1) is 0 Å².